The molecular formula is C21H22F3N3O2. The highest BCUT2D eigenvalue weighted by molar-refractivity contribution is 5.71. The minimum atomic E-state index is -4.43. The molecule has 8 heteroatoms. The highest BCUT2D eigenvalue weighted by Gasteiger charge is 2.43. The van der Waals surface area contributed by atoms with Gasteiger partial charge in [0.15, 0.2) is 0 Å². The van der Waals surface area contributed by atoms with Gasteiger partial charge in [-0.25, -0.2) is 4.79 Å². The summed E-state index contributed by atoms with van der Waals surface area (Å²) >= 11 is 0. The number of anilines is 1. The van der Waals surface area contributed by atoms with Gasteiger partial charge in [0.05, 0.1) is 23.8 Å². The van der Waals surface area contributed by atoms with Gasteiger partial charge in [-0.1, -0.05) is 30.3 Å². The van der Waals surface area contributed by atoms with Crippen molar-refractivity contribution in [2.45, 2.75) is 37.3 Å². The molecule has 4 atom stereocenters. The Balaban J connectivity index is 1.70. The highest BCUT2D eigenvalue weighted by atomic mass is 19.4. The molecule has 0 spiro atoms. The molecule has 2 aliphatic heterocycles. The van der Waals surface area contributed by atoms with E-state index in [0.717, 1.165) is 18.1 Å². The molecule has 5 nitrogen and oxygen atoms in total. The summed E-state index contributed by atoms with van der Waals surface area (Å²) < 4.78 is 46.1. The van der Waals surface area contributed by atoms with Crippen molar-refractivity contribution in [3.05, 3.63) is 65.2 Å². The van der Waals surface area contributed by atoms with E-state index in [4.69, 9.17) is 10.5 Å². The fourth-order valence-corrected chi connectivity index (χ4v) is 4.29. The molecule has 0 aromatic heterocycles. The van der Waals surface area contributed by atoms with Crippen molar-refractivity contribution in [3.63, 3.8) is 0 Å². The number of hydrogen-bond donors (Lipinski definition) is 3. The molecule has 0 bridgehead atoms. The van der Waals surface area contributed by atoms with Crippen molar-refractivity contribution < 1.29 is 22.7 Å². The summed E-state index contributed by atoms with van der Waals surface area (Å²) in [6, 6.07) is 12.8. The zero-order valence-electron chi connectivity index (χ0n) is 15.6. The highest BCUT2D eigenvalue weighted by Crippen LogP contribution is 2.51. The van der Waals surface area contributed by atoms with Crippen LogP contribution in [0.2, 0.25) is 0 Å². The van der Waals surface area contributed by atoms with Gasteiger partial charge in [-0.15, -0.1) is 0 Å². The number of nitrogens with one attached hydrogen (secondary N) is 2. The third kappa shape index (κ3) is 4.03. The number of fused-ring (bicyclic) bond motifs is 3. The molecule has 2 heterocycles. The molecule has 4 N–H and O–H groups in total. The van der Waals surface area contributed by atoms with E-state index in [1.165, 1.54) is 12.1 Å². The molecule has 2 aliphatic rings. The zero-order valence-corrected chi connectivity index (χ0v) is 15.6. The quantitative estimate of drug-likeness (QED) is 0.710. The Morgan fingerprint density at radius 2 is 1.93 bits per heavy atom. The molecular weight excluding hydrogens is 383 g/mol. The summed E-state index contributed by atoms with van der Waals surface area (Å²) in [4.78, 5) is 11.0. The molecule has 2 amide bonds. The van der Waals surface area contributed by atoms with E-state index >= 15 is 0 Å². The van der Waals surface area contributed by atoms with E-state index in [1.807, 2.05) is 30.3 Å². The summed E-state index contributed by atoms with van der Waals surface area (Å²) in [6.45, 7) is 0.232. The van der Waals surface area contributed by atoms with Crippen LogP contribution in [0.1, 0.15) is 41.7 Å². The Morgan fingerprint density at radius 3 is 2.62 bits per heavy atom. The third-order valence-electron chi connectivity index (χ3n) is 5.64. The maximum absolute atomic E-state index is 13.3. The fourth-order valence-electron chi connectivity index (χ4n) is 4.29. The van der Waals surface area contributed by atoms with Gasteiger partial charge in [-0.05, 0) is 36.6 Å². The van der Waals surface area contributed by atoms with Crippen LogP contribution in [0, 0.1) is 5.92 Å². The Bertz CT molecular complexity index is 888. The van der Waals surface area contributed by atoms with Crippen molar-refractivity contribution in [2.75, 3.05) is 11.9 Å². The summed E-state index contributed by atoms with van der Waals surface area (Å²) in [5.74, 6) is -0.0294. The second-order valence-electron chi connectivity index (χ2n) is 7.50. The number of amides is 2. The number of hydrogen-bond acceptors (Lipinski definition) is 3. The van der Waals surface area contributed by atoms with Gasteiger partial charge in [0.25, 0.3) is 0 Å². The lowest BCUT2D eigenvalue weighted by Crippen LogP contribution is -2.44. The normalized spacial score (nSPS) is 26.0. The molecule has 0 radical (unpaired) electrons. The minimum absolute atomic E-state index is 0.0294. The van der Waals surface area contributed by atoms with Crippen LogP contribution < -0.4 is 16.4 Å². The Kier molecular flexibility index (Phi) is 5.12. The number of rotatable bonds is 3. The van der Waals surface area contributed by atoms with Crippen molar-refractivity contribution in [2.24, 2.45) is 11.7 Å². The van der Waals surface area contributed by atoms with Crippen LogP contribution in [0.3, 0.4) is 0 Å². The number of nitrogens with two attached hydrogens (primary N) is 1. The van der Waals surface area contributed by atoms with E-state index in [1.54, 1.807) is 0 Å². The van der Waals surface area contributed by atoms with Crippen LogP contribution in [0.25, 0.3) is 0 Å². The largest absolute Gasteiger partial charge is 0.416 e. The van der Waals surface area contributed by atoms with Gasteiger partial charge in [-0.2, -0.15) is 13.2 Å². The van der Waals surface area contributed by atoms with Gasteiger partial charge >= 0.3 is 12.2 Å². The molecule has 4 rings (SSSR count). The van der Waals surface area contributed by atoms with Crippen LogP contribution in [-0.4, -0.2) is 18.7 Å². The Hall–Kier alpha value is -2.74. The van der Waals surface area contributed by atoms with Crippen molar-refractivity contribution in [1.29, 1.82) is 0 Å². The lowest BCUT2D eigenvalue weighted by Gasteiger charge is -2.46. The monoisotopic (exact) mass is 405 g/mol. The molecule has 154 valence electrons. The van der Waals surface area contributed by atoms with Gasteiger partial charge in [0.1, 0.15) is 0 Å². The summed E-state index contributed by atoms with van der Waals surface area (Å²) in [5.41, 5.74) is 6.64. The first-order valence-electron chi connectivity index (χ1n) is 9.54. The second-order valence-corrected chi connectivity index (χ2v) is 7.50. The zero-order chi connectivity index (χ0) is 20.6. The maximum Gasteiger partial charge on any atom is 0.416 e. The van der Waals surface area contributed by atoms with Gasteiger partial charge in [0, 0.05) is 23.7 Å². The van der Waals surface area contributed by atoms with E-state index in [9.17, 15) is 18.0 Å². The van der Waals surface area contributed by atoms with Gasteiger partial charge in [-0.3, -0.25) is 0 Å². The van der Waals surface area contributed by atoms with E-state index < -0.39 is 23.9 Å². The van der Waals surface area contributed by atoms with E-state index in [-0.39, 0.29) is 24.6 Å². The Morgan fingerprint density at radius 1 is 1.17 bits per heavy atom. The summed E-state index contributed by atoms with van der Waals surface area (Å²) in [7, 11) is 0. The van der Waals surface area contributed by atoms with Crippen molar-refractivity contribution in [3.8, 4) is 0 Å². The first kappa shape index (κ1) is 19.6. The predicted molar refractivity (Wildman–Crippen MR) is 102 cm³/mol. The van der Waals surface area contributed by atoms with Gasteiger partial charge in [0.2, 0.25) is 0 Å². The van der Waals surface area contributed by atoms with E-state index in [0.29, 0.717) is 17.7 Å². The topological polar surface area (TPSA) is 76.4 Å². The van der Waals surface area contributed by atoms with Crippen molar-refractivity contribution >= 4 is 11.7 Å². The SMILES string of the molecule is NC(=O)NC[C@H]1CC[C@@H]2[C@H](O1)c1cc(C(F)(F)F)ccc1N[C@H]2c1ccccc1. The summed E-state index contributed by atoms with van der Waals surface area (Å²) in [5, 5.41) is 5.95. The molecule has 1 fully saturated rings. The lowest BCUT2D eigenvalue weighted by atomic mass is 9.76. The van der Waals surface area contributed by atoms with Crippen LogP contribution >= 0.6 is 0 Å². The molecule has 0 saturated carbocycles. The number of alkyl halides is 3. The Labute approximate surface area is 166 Å². The maximum atomic E-state index is 13.3. The first-order valence-corrected chi connectivity index (χ1v) is 9.54. The number of urea groups is 1. The number of carbonyl (C=O) groups is 1. The van der Waals surface area contributed by atoms with Crippen LogP contribution in [0.4, 0.5) is 23.7 Å². The first-order chi connectivity index (χ1) is 13.8. The smallest absolute Gasteiger partial charge is 0.378 e. The standard InChI is InChI=1S/C21H22F3N3O2/c22-21(23,24)13-6-9-17-16(10-13)19-15(8-7-14(29-19)11-26-20(25)28)18(27-17)12-4-2-1-3-5-12/h1-6,9-10,14-15,18-19,27H,7-8,11H2,(H3,25,26,28)/t14-,15+,18+,19+/m1/s1. The average molecular weight is 405 g/mol. The van der Waals surface area contributed by atoms with Crippen LogP contribution in [0.15, 0.2) is 48.5 Å². The van der Waals surface area contributed by atoms with Crippen LogP contribution in [-0.2, 0) is 10.9 Å². The fraction of sp³-hybridized carbons (Fsp3) is 0.381. The average Bonchev–Trinajstić information content (AvgIpc) is 2.71. The summed E-state index contributed by atoms with van der Waals surface area (Å²) in [6.07, 6.45) is -3.81. The number of benzene rings is 2. The van der Waals surface area contributed by atoms with Gasteiger partial charge < -0.3 is 21.1 Å². The second kappa shape index (κ2) is 7.59. The predicted octanol–water partition coefficient (Wildman–Crippen LogP) is 4.38. The van der Waals surface area contributed by atoms with Crippen LogP contribution in [0.5, 0.6) is 0 Å². The molecule has 0 aliphatic carbocycles. The lowest BCUT2D eigenvalue weighted by molar-refractivity contribution is -0.138. The number of halogens is 3. The molecule has 29 heavy (non-hydrogen) atoms. The minimum Gasteiger partial charge on any atom is -0.378 e. The number of ether oxygens (including phenoxy) is 1. The molecule has 2 aromatic carbocycles. The van der Waals surface area contributed by atoms with Crippen molar-refractivity contribution in [1.82, 2.24) is 5.32 Å². The molecule has 2 aromatic rings. The third-order valence-corrected chi connectivity index (χ3v) is 5.64. The number of carbonyl (C=O) groups excluding carboxylic acids is 1. The molecule has 1 saturated heterocycles. The van der Waals surface area contributed by atoms with E-state index in [2.05, 4.69) is 10.6 Å². The molecule has 0 unspecified atom stereocenters. The number of primary amides is 1.